The van der Waals surface area contributed by atoms with Crippen molar-refractivity contribution in [3.05, 3.63) is 34.7 Å². The number of aromatic nitrogens is 1. The van der Waals surface area contributed by atoms with E-state index in [1.54, 1.807) is 42.7 Å². The summed E-state index contributed by atoms with van der Waals surface area (Å²) in [6.45, 7) is 0. The van der Waals surface area contributed by atoms with Crippen LogP contribution in [0.2, 0.25) is 0 Å². The molecule has 2 rings (SSSR count). The number of thioether (sulfide) groups is 1. The van der Waals surface area contributed by atoms with Crippen molar-refractivity contribution < 1.29 is 13.6 Å². The van der Waals surface area contributed by atoms with Gasteiger partial charge < -0.3 is 10.2 Å². The van der Waals surface area contributed by atoms with Crippen molar-refractivity contribution in [2.45, 2.75) is 10.7 Å². The molecule has 21 heavy (non-hydrogen) atoms. The minimum absolute atomic E-state index is 0.272. The zero-order valence-corrected chi connectivity index (χ0v) is 13.0. The van der Waals surface area contributed by atoms with Crippen LogP contribution in [0.15, 0.2) is 34.7 Å². The van der Waals surface area contributed by atoms with Crippen LogP contribution in [-0.4, -0.2) is 30.7 Å². The topological polar surface area (TPSA) is 45.2 Å². The van der Waals surface area contributed by atoms with Gasteiger partial charge >= 0.3 is 0 Å². The monoisotopic (exact) mass is 329 g/mol. The van der Waals surface area contributed by atoms with Crippen LogP contribution < -0.4 is 10.2 Å². The van der Waals surface area contributed by atoms with Crippen molar-refractivity contribution in [3.63, 3.8) is 0 Å². The van der Waals surface area contributed by atoms with Crippen molar-refractivity contribution in [3.8, 4) is 0 Å². The summed E-state index contributed by atoms with van der Waals surface area (Å²) in [4.78, 5) is 18.7. The Labute approximate surface area is 129 Å². The predicted molar refractivity (Wildman–Crippen MR) is 82.7 cm³/mol. The normalized spacial score (nSPS) is 10.7. The number of thiophene rings is 1. The number of alkyl halides is 2. The number of nitrogens with one attached hydrogen (secondary N) is 1. The largest absolute Gasteiger partial charge is 0.361 e. The van der Waals surface area contributed by atoms with E-state index in [0.717, 1.165) is 11.3 Å². The molecule has 2 aromatic heterocycles. The molecule has 0 fully saturated rings. The van der Waals surface area contributed by atoms with E-state index in [4.69, 9.17) is 0 Å². The second-order valence-corrected chi connectivity index (χ2v) is 6.16. The highest BCUT2D eigenvalue weighted by Gasteiger charge is 2.18. The highest BCUT2D eigenvalue weighted by molar-refractivity contribution is 7.99. The molecule has 112 valence electrons. The summed E-state index contributed by atoms with van der Waals surface area (Å²) in [5, 5.41) is 4.34. The fourth-order valence-corrected chi connectivity index (χ4v) is 3.28. The van der Waals surface area contributed by atoms with Crippen LogP contribution in [0.3, 0.4) is 0 Å². The fourth-order valence-electron chi connectivity index (χ4n) is 1.68. The van der Waals surface area contributed by atoms with Gasteiger partial charge in [-0.3, -0.25) is 4.79 Å². The molecule has 0 aliphatic rings. The maximum atomic E-state index is 12.5. The first kappa shape index (κ1) is 15.7. The lowest BCUT2D eigenvalue weighted by molar-refractivity contribution is 0.102. The van der Waals surface area contributed by atoms with Crippen LogP contribution in [0.1, 0.15) is 9.67 Å². The molecule has 0 aliphatic heterocycles. The van der Waals surface area contributed by atoms with Crippen molar-refractivity contribution in [2.75, 3.05) is 24.3 Å². The van der Waals surface area contributed by atoms with Crippen LogP contribution in [0.4, 0.5) is 20.3 Å². The SMILES string of the molecule is CN(C)c1ncccc1NC(=O)c1sccc1SC(F)F. The van der Waals surface area contributed by atoms with Crippen molar-refractivity contribution >= 4 is 40.5 Å². The maximum absolute atomic E-state index is 12.5. The molecule has 0 radical (unpaired) electrons. The Hall–Kier alpha value is -1.67. The van der Waals surface area contributed by atoms with E-state index in [1.807, 2.05) is 0 Å². The minimum atomic E-state index is -2.55. The van der Waals surface area contributed by atoms with Gasteiger partial charge in [0, 0.05) is 25.2 Å². The van der Waals surface area contributed by atoms with Gasteiger partial charge in [0.05, 0.1) is 5.69 Å². The van der Waals surface area contributed by atoms with Gasteiger partial charge in [0.25, 0.3) is 11.7 Å². The molecule has 4 nitrogen and oxygen atoms in total. The maximum Gasteiger partial charge on any atom is 0.288 e. The lowest BCUT2D eigenvalue weighted by Gasteiger charge is -2.16. The van der Waals surface area contributed by atoms with E-state index in [-0.39, 0.29) is 9.77 Å². The van der Waals surface area contributed by atoms with Crippen molar-refractivity contribution in [2.24, 2.45) is 0 Å². The standard InChI is InChI=1S/C13H13F2N3OS2/c1-18(2)11-8(4-3-6-16-11)17-12(19)10-9(5-7-20-10)21-13(14)15/h3-7,13H,1-2H3,(H,17,19). The molecule has 1 amide bonds. The highest BCUT2D eigenvalue weighted by atomic mass is 32.2. The van der Waals surface area contributed by atoms with E-state index >= 15 is 0 Å². The van der Waals surface area contributed by atoms with Gasteiger partial charge in [-0.15, -0.1) is 11.3 Å². The summed E-state index contributed by atoms with van der Waals surface area (Å²) in [6.07, 6.45) is 1.62. The highest BCUT2D eigenvalue weighted by Crippen LogP contribution is 2.33. The van der Waals surface area contributed by atoms with Gasteiger partial charge in [-0.2, -0.15) is 8.78 Å². The zero-order valence-electron chi connectivity index (χ0n) is 11.3. The predicted octanol–water partition coefficient (Wildman–Crippen LogP) is 3.78. The van der Waals surface area contributed by atoms with Crippen LogP contribution in [0, 0.1) is 0 Å². The smallest absolute Gasteiger partial charge is 0.288 e. The minimum Gasteiger partial charge on any atom is -0.361 e. The third kappa shape index (κ3) is 3.92. The molecule has 0 spiro atoms. The molecular weight excluding hydrogens is 316 g/mol. The number of halogens is 2. The number of carbonyl (C=O) groups is 1. The number of hydrogen-bond acceptors (Lipinski definition) is 5. The summed E-state index contributed by atoms with van der Waals surface area (Å²) in [7, 11) is 3.61. The molecule has 0 aliphatic carbocycles. The van der Waals surface area contributed by atoms with Crippen LogP contribution in [0.5, 0.6) is 0 Å². The lowest BCUT2D eigenvalue weighted by Crippen LogP contribution is -2.17. The Balaban J connectivity index is 2.21. The molecule has 0 bridgehead atoms. The third-order valence-corrected chi connectivity index (χ3v) is 4.32. The molecule has 0 saturated carbocycles. The lowest BCUT2D eigenvalue weighted by atomic mass is 10.3. The van der Waals surface area contributed by atoms with E-state index in [1.165, 1.54) is 6.07 Å². The Morgan fingerprint density at radius 3 is 2.86 bits per heavy atom. The summed E-state index contributed by atoms with van der Waals surface area (Å²) >= 11 is 1.50. The number of hydrogen-bond donors (Lipinski definition) is 1. The summed E-state index contributed by atoms with van der Waals surface area (Å²) < 4.78 is 24.9. The van der Waals surface area contributed by atoms with Gasteiger partial charge in [-0.05, 0) is 23.6 Å². The number of pyridine rings is 1. The molecule has 0 unspecified atom stereocenters. The molecule has 2 heterocycles. The van der Waals surface area contributed by atoms with Gasteiger partial charge in [-0.25, -0.2) is 4.98 Å². The summed E-state index contributed by atoms with van der Waals surface area (Å²) in [5.74, 6) is -2.36. The van der Waals surface area contributed by atoms with E-state index in [9.17, 15) is 13.6 Å². The Morgan fingerprint density at radius 1 is 1.43 bits per heavy atom. The number of nitrogens with zero attached hydrogens (tertiary/aromatic N) is 2. The van der Waals surface area contributed by atoms with Gasteiger partial charge in [0.2, 0.25) is 0 Å². The zero-order chi connectivity index (χ0) is 15.4. The first-order chi connectivity index (χ1) is 9.99. The van der Waals surface area contributed by atoms with E-state index in [0.29, 0.717) is 23.3 Å². The number of anilines is 2. The number of carbonyl (C=O) groups excluding carboxylic acids is 1. The molecular formula is C13H13F2N3OS2. The number of rotatable bonds is 5. The van der Waals surface area contributed by atoms with E-state index < -0.39 is 11.7 Å². The molecule has 8 heteroatoms. The quantitative estimate of drug-likeness (QED) is 0.848. The van der Waals surface area contributed by atoms with Crippen LogP contribution in [-0.2, 0) is 0 Å². The molecule has 0 saturated heterocycles. The van der Waals surface area contributed by atoms with Gasteiger partial charge in [0.15, 0.2) is 5.82 Å². The van der Waals surface area contributed by atoms with Crippen LogP contribution >= 0.6 is 23.1 Å². The van der Waals surface area contributed by atoms with Crippen molar-refractivity contribution in [1.29, 1.82) is 0 Å². The van der Waals surface area contributed by atoms with Crippen LogP contribution in [0.25, 0.3) is 0 Å². The summed E-state index contributed by atoms with van der Waals surface area (Å²) in [5.41, 5.74) is 0.536. The first-order valence-electron chi connectivity index (χ1n) is 5.95. The Morgan fingerprint density at radius 2 is 2.19 bits per heavy atom. The fraction of sp³-hybridized carbons (Fsp3) is 0.231. The Bertz CT molecular complexity index is 631. The molecule has 1 N–H and O–H groups in total. The molecule has 0 atom stereocenters. The van der Waals surface area contributed by atoms with Gasteiger partial charge in [0.1, 0.15) is 4.88 Å². The molecule has 2 aromatic rings. The Kier molecular flexibility index (Phi) is 5.13. The number of amides is 1. The second kappa shape index (κ2) is 6.86. The summed E-state index contributed by atoms with van der Waals surface area (Å²) in [6, 6.07) is 4.94. The molecule has 0 aromatic carbocycles. The van der Waals surface area contributed by atoms with E-state index in [2.05, 4.69) is 10.3 Å². The first-order valence-corrected chi connectivity index (χ1v) is 7.71. The third-order valence-electron chi connectivity index (χ3n) is 2.51. The van der Waals surface area contributed by atoms with Gasteiger partial charge in [-0.1, -0.05) is 11.8 Å². The average Bonchev–Trinajstić information content (AvgIpc) is 2.86. The average molecular weight is 329 g/mol. The van der Waals surface area contributed by atoms with Crippen molar-refractivity contribution in [1.82, 2.24) is 4.98 Å². The second-order valence-electron chi connectivity index (χ2n) is 4.22.